The zero-order valence-electron chi connectivity index (χ0n) is 8.21. The van der Waals surface area contributed by atoms with Gasteiger partial charge in [0.15, 0.2) is 6.29 Å². The fourth-order valence-corrected chi connectivity index (χ4v) is 1.41. The fraction of sp³-hybridized carbons (Fsp3) is 1.00. The molecule has 1 fully saturated rings. The first-order valence-electron chi connectivity index (χ1n) is 5.10. The summed E-state index contributed by atoms with van der Waals surface area (Å²) in [5, 5.41) is 0. The lowest BCUT2D eigenvalue weighted by molar-refractivity contribution is -0.111. The van der Waals surface area contributed by atoms with Crippen LogP contribution in [-0.2, 0) is 9.47 Å². The van der Waals surface area contributed by atoms with E-state index in [-0.39, 0.29) is 6.29 Å². The van der Waals surface area contributed by atoms with Crippen LogP contribution in [0.25, 0.3) is 0 Å². The molecule has 2 nitrogen and oxygen atoms in total. The standard InChI is InChI=1S/C10H20O2/c1-3-5-6-11-10-7-9(4-2)8-12-10/h9-10H,3-8H2,1-2H3/t9-,10-/m1/s1. The van der Waals surface area contributed by atoms with Gasteiger partial charge in [0.25, 0.3) is 0 Å². The largest absolute Gasteiger partial charge is 0.353 e. The second kappa shape index (κ2) is 5.55. The number of ether oxygens (including phenoxy) is 2. The van der Waals surface area contributed by atoms with Crippen LogP contribution in [0.2, 0.25) is 0 Å². The average Bonchev–Trinajstić information content (AvgIpc) is 2.53. The zero-order valence-corrected chi connectivity index (χ0v) is 8.21. The van der Waals surface area contributed by atoms with Crippen LogP contribution in [-0.4, -0.2) is 19.5 Å². The lowest BCUT2D eigenvalue weighted by atomic mass is 10.1. The summed E-state index contributed by atoms with van der Waals surface area (Å²) in [6.07, 6.45) is 4.76. The second-order valence-electron chi connectivity index (χ2n) is 3.50. The van der Waals surface area contributed by atoms with E-state index >= 15 is 0 Å². The van der Waals surface area contributed by atoms with Crippen LogP contribution in [0.3, 0.4) is 0 Å². The van der Waals surface area contributed by atoms with E-state index in [9.17, 15) is 0 Å². The molecule has 0 aromatic carbocycles. The molecular weight excluding hydrogens is 152 g/mol. The van der Waals surface area contributed by atoms with Gasteiger partial charge in [-0.15, -0.1) is 0 Å². The van der Waals surface area contributed by atoms with E-state index in [0.717, 1.165) is 32.0 Å². The summed E-state index contributed by atoms with van der Waals surface area (Å²) in [5.41, 5.74) is 0. The Labute approximate surface area is 75.2 Å². The highest BCUT2D eigenvalue weighted by Crippen LogP contribution is 2.22. The molecule has 0 aliphatic carbocycles. The van der Waals surface area contributed by atoms with Crippen molar-refractivity contribution in [3.05, 3.63) is 0 Å². The van der Waals surface area contributed by atoms with Crippen LogP contribution >= 0.6 is 0 Å². The third-order valence-electron chi connectivity index (χ3n) is 2.42. The maximum atomic E-state index is 5.55. The summed E-state index contributed by atoms with van der Waals surface area (Å²) in [4.78, 5) is 0. The first kappa shape index (κ1) is 10.0. The maximum Gasteiger partial charge on any atom is 0.157 e. The molecule has 1 aliphatic rings. The van der Waals surface area contributed by atoms with Crippen molar-refractivity contribution in [2.75, 3.05) is 13.2 Å². The van der Waals surface area contributed by atoms with Gasteiger partial charge in [-0.3, -0.25) is 0 Å². The molecule has 1 rings (SSSR count). The molecule has 0 aromatic rings. The zero-order chi connectivity index (χ0) is 8.81. The molecule has 0 amide bonds. The summed E-state index contributed by atoms with van der Waals surface area (Å²) >= 11 is 0. The van der Waals surface area contributed by atoms with E-state index in [4.69, 9.17) is 9.47 Å². The number of unbranched alkanes of at least 4 members (excludes halogenated alkanes) is 1. The number of hydrogen-bond donors (Lipinski definition) is 0. The molecule has 0 aromatic heterocycles. The van der Waals surface area contributed by atoms with E-state index in [1.807, 2.05) is 0 Å². The molecule has 0 bridgehead atoms. The minimum Gasteiger partial charge on any atom is -0.353 e. The first-order chi connectivity index (χ1) is 5.86. The highest BCUT2D eigenvalue weighted by Gasteiger charge is 2.23. The summed E-state index contributed by atoms with van der Waals surface area (Å²) in [7, 11) is 0. The fourth-order valence-electron chi connectivity index (χ4n) is 1.41. The molecule has 0 saturated carbocycles. The van der Waals surface area contributed by atoms with Gasteiger partial charge in [-0.2, -0.15) is 0 Å². The predicted molar refractivity (Wildman–Crippen MR) is 49.0 cm³/mol. The van der Waals surface area contributed by atoms with Gasteiger partial charge in [0.05, 0.1) is 6.61 Å². The minimum absolute atomic E-state index is 0.0986. The van der Waals surface area contributed by atoms with Crippen molar-refractivity contribution < 1.29 is 9.47 Å². The van der Waals surface area contributed by atoms with Gasteiger partial charge in [-0.05, 0) is 12.3 Å². The smallest absolute Gasteiger partial charge is 0.157 e. The van der Waals surface area contributed by atoms with Gasteiger partial charge >= 0.3 is 0 Å². The van der Waals surface area contributed by atoms with Crippen molar-refractivity contribution in [1.29, 1.82) is 0 Å². The summed E-state index contributed by atoms with van der Waals surface area (Å²) in [6, 6.07) is 0. The molecule has 1 saturated heterocycles. The molecule has 2 heteroatoms. The van der Waals surface area contributed by atoms with Crippen LogP contribution in [0.5, 0.6) is 0 Å². The Morgan fingerprint density at radius 3 is 2.83 bits per heavy atom. The van der Waals surface area contributed by atoms with Gasteiger partial charge in [0, 0.05) is 13.0 Å². The van der Waals surface area contributed by atoms with E-state index < -0.39 is 0 Å². The van der Waals surface area contributed by atoms with Gasteiger partial charge in [-0.1, -0.05) is 26.7 Å². The molecule has 0 radical (unpaired) electrons. The Kier molecular flexibility index (Phi) is 4.62. The molecule has 0 spiro atoms. The molecule has 0 N–H and O–H groups in total. The van der Waals surface area contributed by atoms with Gasteiger partial charge in [-0.25, -0.2) is 0 Å². The number of hydrogen-bond acceptors (Lipinski definition) is 2. The van der Waals surface area contributed by atoms with Crippen LogP contribution < -0.4 is 0 Å². The summed E-state index contributed by atoms with van der Waals surface area (Å²) < 4.78 is 11.0. The second-order valence-corrected chi connectivity index (χ2v) is 3.50. The van der Waals surface area contributed by atoms with Crippen LogP contribution in [0, 0.1) is 5.92 Å². The van der Waals surface area contributed by atoms with Crippen LogP contribution in [0.4, 0.5) is 0 Å². The molecule has 1 heterocycles. The molecule has 72 valence electrons. The first-order valence-corrected chi connectivity index (χ1v) is 5.10. The Hall–Kier alpha value is -0.0800. The number of rotatable bonds is 5. The van der Waals surface area contributed by atoms with E-state index in [1.165, 1.54) is 12.8 Å². The molecule has 1 aliphatic heterocycles. The highest BCUT2D eigenvalue weighted by molar-refractivity contribution is 4.65. The summed E-state index contributed by atoms with van der Waals surface area (Å²) in [5.74, 6) is 0.733. The van der Waals surface area contributed by atoms with E-state index in [0.29, 0.717) is 0 Å². The van der Waals surface area contributed by atoms with Crippen molar-refractivity contribution in [2.24, 2.45) is 5.92 Å². The van der Waals surface area contributed by atoms with Crippen molar-refractivity contribution >= 4 is 0 Å². The van der Waals surface area contributed by atoms with Crippen LogP contribution in [0.1, 0.15) is 39.5 Å². The van der Waals surface area contributed by atoms with Gasteiger partial charge in [0.1, 0.15) is 0 Å². The third-order valence-corrected chi connectivity index (χ3v) is 2.42. The average molecular weight is 172 g/mol. The lowest BCUT2D eigenvalue weighted by Gasteiger charge is -2.09. The molecule has 0 unspecified atom stereocenters. The minimum atomic E-state index is 0.0986. The summed E-state index contributed by atoms with van der Waals surface area (Å²) in [6.45, 7) is 6.14. The third kappa shape index (κ3) is 3.11. The molecule has 12 heavy (non-hydrogen) atoms. The van der Waals surface area contributed by atoms with Crippen molar-refractivity contribution in [1.82, 2.24) is 0 Å². The normalized spacial score (nSPS) is 29.5. The maximum absolute atomic E-state index is 5.55. The van der Waals surface area contributed by atoms with Crippen molar-refractivity contribution in [2.45, 2.75) is 45.8 Å². The quantitative estimate of drug-likeness (QED) is 0.593. The van der Waals surface area contributed by atoms with Crippen molar-refractivity contribution in [3.8, 4) is 0 Å². The van der Waals surface area contributed by atoms with Crippen molar-refractivity contribution in [3.63, 3.8) is 0 Å². The lowest BCUT2D eigenvalue weighted by Crippen LogP contribution is -2.11. The van der Waals surface area contributed by atoms with E-state index in [1.54, 1.807) is 0 Å². The SMILES string of the molecule is CCCCO[C@H]1C[C@@H](CC)CO1. The Bertz CT molecular complexity index is 114. The monoisotopic (exact) mass is 172 g/mol. The molecule has 2 atom stereocenters. The Morgan fingerprint density at radius 2 is 2.25 bits per heavy atom. The Balaban J connectivity index is 2.03. The topological polar surface area (TPSA) is 18.5 Å². The molecular formula is C10H20O2. The van der Waals surface area contributed by atoms with Gasteiger partial charge in [0.2, 0.25) is 0 Å². The Morgan fingerprint density at radius 1 is 1.42 bits per heavy atom. The highest BCUT2D eigenvalue weighted by atomic mass is 16.7. The van der Waals surface area contributed by atoms with E-state index in [2.05, 4.69) is 13.8 Å². The van der Waals surface area contributed by atoms with Crippen LogP contribution in [0.15, 0.2) is 0 Å². The predicted octanol–water partition coefficient (Wildman–Crippen LogP) is 2.58. The van der Waals surface area contributed by atoms with Gasteiger partial charge < -0.3 is 9.47 Å².